The quantitative estimate of drug-likeness (QED) is 0.653. The monoisotopic (exact) mass is 285 g/mol. The molecule has 21 heavy (non-hydrogen) atoms. The lowest BCUT2D eigenvalue weighted by Crippen LogP contribution is -2.09. The van der Waals surface area contributed by atoms with E-state index < -0.39 is 0 Å². The maximum absolute atomic E-state index is 12.6. The molecule has 0 bridgehead atoms. The molecule has 0 saturated heterocycles. The summed E-state index contributed by atoms with van der Waals surface area (Å²) in [6.45, 7) is 4.85. The van der Waals surface area contributed by atoms with Gasteiger partial charge in [0.15, 0.2) is 5.78 Å². The molecule has 2 aromatic rings. The molecule has 0 fully saturated rings. The van der Waals surface area contributed by atoms with Crippen LogP contribution in [0.15, 0.2) is 42.5 Å². The molecule has 2 aromatic carbocycles. The minimum Gasteiger partial charge on any atom is -0.494 e. The van der Waals surface area contributed by atoms with Crippen molar-refractivity contribution in [1.82, 2.24) is 0 Å². The first-order valence-electron chi connectivity index (χ1n) is 6.96. The van der Waals surface area contributed by atoms with Crippen molar-refractivity contribution in [1.29, 1.82) is 0 Å². The lowest BCUT2D eigenvalue weighted by atomic mass is 10.0. The summed E-state index contributed by atoms with van der Waals surface area (Å²) in [4.78, 5) is 12.6. The number of rotatable bonds is 6. The van der Waals surface area contributed by atoms with E-state index in [1.165, 1.54) is 0 Å². The van der Waals surface area contributed by atoms with Crippen LogP contribution < -0.4 is 15.2 Å². The third-order valence-electron chi connectivity index (χ3n) is 3.01. The topological polar surface area (TPSA) is 61.5 Å². The van der Waals surface area contributed by atoms with E-state index in [1.807, 2.05) is 13.8 Å². The van der Waals surface area contributed by atoms with Gasteiger partial charge in [0.25, 0.3) is 0 Å². The van der Waals surface area contributed by atoms with Crippen molar-refractivity contribution in [3.63, 3.8) is 0 Å². The van der Waals surface area contributed by atoms with Crippen molar-refractivity contribution < 1.29 is 14.3 Å². The molecule has 0 spiro atoms. The molecule has 0 heterocycles. The number of hydrogen-bond acceptors (Lipinski definition) is 4. The maximum Gasteiger partial charge on any atom is 0.198 e. The fourth-order valence-electron chi connectivity index (χ4n) is 2.08. The van der Waals surface area contributed by atoms with Crippen molar-refractivity contribution in [2.24, 2.45) is 0 Å². The van der Waals surface area contributed by atoms with E-state index >= 15 is 0 Å². The average molecular weight is 285 g/mol. The Hall–Kier alpha value is -2.49. The largest absolute Gasteiger partial charge is 0.494 e. The van der Waals surface area contributed by atoms with Crippen LogP contribution in [0.5, 0.6) is 11.5 Å². The first-order valence-corrected chi connectivity index (χ1v) is 6.96. The Bertz CT molecular complexity index is 620. The van der Waals surface area contributed by atoms with Crippen LogP contribution in [0.3, 0.4) is 0 Å². The number of nitrogen functional groups attached to an aromatic ring is 1. The lowest BCUT2D eigenvalue weighted by molar-refractivity contribution is 0.103. The standard InChI is InChI=1S/C17H19NO3/c1-3-20-13-10-8-12(9-11-13)17(19)16-14(18)6-5-7-15(16)21-4-2/h5-11H,3-4,18H2,1-2H3. The third kappa shape index (κ3) is 3.34. The second kappa shape index (κ2) is 6.79. The van der Waals surface area contributed by atoms with Crippen LogP contribution >= 0.6 is 0 Å². The summed E-state index contributed by atoms with van der Waals surface area (Å²) in [6.07, 6.45) is 0. The number of anilines is 1. The molecule has 0 amide bonds. The molecule has 0 unspecified atom stereocenters. The first-order chi connectivity index (χ1) is 10.2. The SMILES string of the molecule is CCOc1ccc(C(=O)c2c(N)cccc2OCC)cc1. The van der Waals surface area contributed by atoms with Crippen molar-refractivity contribution >= 4 is 11.5 Å². The second-order valence-electron chi connectivity index (χ2n) is 4.44. The van der Waals surface area contributed by atoms with Crippen LogP contribution in [0.4, 0.5) is 5.69 Å². The van der Waals surface area contributed by atoms with Gasteiger partial charge < -0.3 is 15.2 Å². The summed E-state index contributed by atoms with van der Waals surface area (Å²) >= 11 is 0. The molecule has 0 atom stereocenters. The molecule has 0 aliphatic heterocycles. The fourth-order valence-corrected chi connectivity index (χ4v) is 2.08. The molecular formula is C17H19NO3. The van der Waals surface area contributed by atoms with E-state index in [0.717, 1.165) is 5.75 Å². The summed E-state index contributed by atoms with van der Waals surface area (Å²) in [5, 5.41) is 0. The number of ether oxygens (including phenoxy) is 2. The number of nitrogens with two attached hydrogens (primary N) is 1. The highest BCUT2D eigenvalue weighted by atomic mass is 16.5. The minimum atomic E-state index is -0.153. The second-order valence-corrected chi connectivity index (χ2v) is 4.44. The van der Waals surface area contributed by atoms with Gasteiger partial charge in [0, 0.05) is 11.3 Å². The zero-order valence-corrected chi connectivity index (χ0v) is 12.3. The molecule has 0 aliphatic carbocycles. The Balaban J connectivity index is 2.35. The highest BCUT2D eigenvalue weighted by molar-refractivity contribution is 6.13. The Morgan fingerprint density at radius 2 is 1.67 bits per heavy atom. The summed E-state index contributed by atoms with van der Waals surface area (Å²) in [6, 6.07) is 12.2. The van der Waals surface area contributed by atoms with Crippen LogP contribution in [0.25, 0.3) is 0 Å². The summed E-state index contributed by atoms with van der Waals surface area (Å²) < 4.78 is 10.9. The number of hydrogen-bond donors (Lipinski definition) is 1. The summed E-state index contributed by atoms with van der Waals surface area (Å²) in [5.74, 6) is 1.09. The number of carbonyl (C=O) groups excluding carboxylic acids is 1. The van der Waals surface area contributed by atoms with Gasteiger partial charge >= 0.3 is 0 Å². The van der Waals surface area contributed by atoms with Crippen molar-refractivity contribution in [3.05, 3.63) is 53.6 Å². The molecule has 0 radical (unpaired) electrons. The first kappa shape index (κ1) is 14.9. The number of ketones is 1. The van der Waals surface area contributed by atoms with Gasteiger partial charge in [-0.25, -0.2) is 0 Å². The molecule has 0 saturated carbocycles. The van der Waals surface area contributed by atoms with Crippen LogP contribution in [-0.2, 0) is 0 Å². The molecule has 0 aromatic heterocycles. The van der Waals surface area contributed by atoms with Crippen LogP contribution in [0.2, 0.25) is 0 Å². The molecule has 4 nitrogen and oxygen atoms in total. The maximum atomic E-state index is 12.6. The van der Waals surface area contributed by atoms with Gasteiger partial charge in [-0.3, -0.25) is 4.79 Å². The minimum absolute atomic E-state index is 0.153. The summed E-state index contributed by atoms with van der Waals surface area (Å²) in [7, 11) is 0. The highest BCUT2D eigenvalue weighted by Crippen LogP contribution is 2.28. The van der Waals surface area contributed by atoms with Gasteiger partial charge in [-0.05, 0) is 50.2 Å². The van der Waals surface area contributed by atoms with Crippen LogP contribution in [-0.4, -0.2) is 19.0 Å². The van der Waals surface area contributed by atoms with Gasteiger partial charge in [-0.1, -0.05) is 6.07 Å². The molecular weight excluding hydrogens is 266 g/mol. The Morgan fingerprint density at radius 1 is 1.00 bits per heavy atom. The van der Waals surface area contributed by atoms with E-state index in [4.69, 9.17) is 15.2 Å². The van der Waals surface area contributed by atoms with Gasteiger partial charge in [-0.2, -0.15) is 0 Å². The van der Waals surface area contributed by atoms with Crippen LogP contribution in [0.1, 0.15) is 29.8 Å². The lowest BCUT2D eigenvalue weighted by Gasteiger charge is -2.12. The molecule has 0 aliphatic rings. The normalized spacial score (nSPS) is 10.2. The predicted octanol–water partition coefficient (Wildman–Crippen LogP) is 3.30. The molecule has 2 rings (SSSR count). The molecule has 110 valence electrons. The summed E-state index contributed by atoms with van der Waals surface area (Å²) in [5.41, 5.74) is 7.32. The highest BCUT2D eigenvalue weighted by Gasteiger charge is 2.17. The van der Waals surface area contributed by atoms with Crippen molar-refractivity contribution in [3.8, 4) is 11.5 Å². The predicted molar refractivity (Wildman–Crippen MR) is 83.1 cm³/mol. The van der Waals surface area contributed by atoms with E-state index in [2.05, 4.69) is 0 Å². The Kier molecular flexibility index (Phi) is 4.82. The smallest absolute Gasteiger partial charge is 0.198 e. The fraction of sp³-hybridized carbons (Fsp3) is 0.235. The van der Waals surface area contributed by atoms with E-state index in [0.29, 0.717) is 35.8 Å². The zero-order chi connectivity index (χ0) is 15.2. The number of carbonyl (C=O) groups is 1. The van der Waals surface area contributed by atoms with Crippen molar-refractivity contribution in [2.45, 2.75) is 13.8 Å². The number of benzene rings is 2. The van der Waals surface area contributed by atoms with Gasteiger partial charge in [0.2, 0.25) is 0 Å². The van der Waals surface area contributed by atoms with E-state index in [9.17, 15) is 4.79 Å². The third-order valence-corrected chi connectivity index (χ3v) is 3.01. The van der Waals surface area contributed by atoms with Gasteiger partial charge in [0.05, 0.1) is 18.8 Å². The van der Waals surface area contributed by atoms with Crippen LogP contribution in [0, 0.1) is 0 Å². The van der Waals surface area contributed by atoms with E-state index in [1.54, 1.807) is 42.5 Å². The van der Waals surface area contributed by atoms with Gasteiger partial charge in [0.1, 0.15) is 11.5 Å². The Morgan fingerprint density at radius 3 is 2.29 bits per heavy atom. The van der Waals surface area contributed by atoms with Gasteiger partial charge in [-0.15, -0.1) is 0 Å². The Labute approximate surface area is 124 Å². The molecule has 4 heteroatoms. The van der Waals surface area contributed by atoms with E-state index in [-0.39, 0.29) is 5.78 Å². The zero-order valence-electron chi connectivity index (χ0n) is 12.3. The average Bonchev–Trinajstić information content (AvgIpc) is 2.48. The molecule has 2 N–H and O–H groups in total. The van der Waals surface area contributed by atoms with Crippen molar-refractivity contribution in [2.75, 3.05) is 18.9 Å².